The van der Waals surface area contributed by atoms with Crippen molar-refractivity contribution in [3.05, 3.63) is 34.9 Å². The predicted octanol–water partition coefficient (Wildman–Crippen LogP) is 2.89. The van der Waals surface area contributed by atoms with Gasteiger partial charge in [0.2, 0.25) is 5.91 Å². The van der Waals surface area contributed by atoms with Gasteiger partial charge < -0.3 is 11.1 Å². The van der Waals surface area contributed by atoms with Gasteiger partial charge >= 0.3 is 0 Å². The van der Waals surface area contributed by atoms with Crippen LogP contribution in [0.3, 0.4) is 0 Å². The van der Waals surface area contributed by atoms with Crippen molar-refractivity contribution in [3.8, 4) is 0 Å². The van der Waals surface area contributed by atoms with Gasteiger partial charge in [-0.2, -0.15) is 0 Å². The van der Waals surface area contributed by atoms with Crippen LogP contribution in [0, 0.1) is 5.92 Å². The molecule has 0 saturated heterocycles. The van der Waals surface area contributed by atoms with Crippen molar-refractivity contribution >= 4 is 17.5 Å². The summed E-state index contributed by atoms with van der Waals surface area (Å²) in [6, 6.07) is 7.48. The number of halogens is 1. The van der Waals surface area contributed by atoms with E-state index >= 15 is 0 Å². The third-order valence-corrected chi connectivity index (χ3v) is 3.36. The fourth-order valence-corrected chi connectivity index (χ4v) is 2.11. The van der Waals surface area contributed by atoms with Crippen LogP contribution in [0.1, 0.15) is 38.3 Å². The number of benzene rings is 1. The van der Waals surface area contributed by atoms with Crippen LogP contribution >= 0.6 is 11.6 Å². The topological polar surface area (TPSA) is 55.1 Å². The number of amides is 1. The Morgan fingerprint density at radius 1 is 1.39 bits per heavy atom. The minimum atomic E-state index is -0.0773. The van der Waals surface area contributed by atoms with Crippen molar-refractivity contribution in [1.82, 2.24) is 5.32 Å². The summed E-state index contributed by atoms with van der Waals surface area (Å²) in [7, 11) is 0. The van der Waals surface area contributed by atoms with E-state index in [0.29, 0.717) is 11.6 Å². The smallest absolute Gasteiger partial charge is 0.223 e. The van der Waals surface area contributed by atoms with Crippen LogP contribution in [-0.4, -0.2) is 12.5 Å². The summed E-state index contributed by atoms with van der Waals surface area (Å²) in [5, 5.41) is 3.66. The monoisotopic (exact) mass is 268 g/mol. The van der Waals surface area contributed by atoms with Crippen molar-refractivity contribution < 1.29 is 4.79 Å². The molecule has 0 fully saturated rings. The molecule has 1 aromatic rings. The van der Waals surface area contributed by atoms with Gasteiger partial charge in [-0.15, -0.1) is 0 Å². The number of rotatable bonds is 6. The summed E-state index contributed by atoms with van der Waals surface area (Å²) >= 11 is 6.10. The first kappa shape index (κ1) is 15.0. The largest absolute Gasteiger partial charge is 0.349 e. The second-order valence-corrected chi connectivity index (χ2v) is 4.99. The molecule has 0 aliphatic heterocycles. The predicted molar refractivity (Wildman–Crippen MR) is 75.5 cm³/mol. The van der Waals surface area contributed by atoms with E-state index in [1.54, 1.807) is 0 Å². The lowest BCUT2D eigenvalue weighted by molar-refractivity contribution is -0.125. The van der Waals surface area contributed by atoms with Crippen LogP contribution in [0.5, 0.6) is 0 Å². The number of nitrogens with two attached hydrogens (primary N) is 1. The molecule has 1 aromatic carbocycles. The molecule has 0 radical (unpaired) electrons. The van der Waals surface area contributed by atoms with Crippen molar-refractivity contribution in [2.24, 2.45) is 11.7 Å². The summed E-state index contributed by atoms with van der Waals surface area (Å²) in [4.78, 5) is 11.9. The van der Waals surface area contributed by atoms with Gasteiger partial charge in [-0.25, -0.2) is 0 Å². The van der Waals surface area contributed by atoms with Crippen molar-refractivity contribution in [2.45, 2.75) is 32.7 Å². The second-order valence-electron chi connectivity index (χ2n) is 4.58. The summed E-state index contributed by atoms with van der Waals surface area (Å²) < 4.78 is 0. The number of hydrogen-bond acceptors (Lipinski definition) is 2. The van der Waals surface area contributed by atoms with Gasteiger partial charge in [-0.1, -0.05) is 36.7 Å². The summed E-state index contributed by atoms with van der Waals surface area (Å²) in [6.07, 6.45) is 1.69. The molecule has 4 heteroatoms. The van der Waals surface area contributed by atoms with E-state index in [-0.39, 0.29) is 17.9 Å². The zero-order valence-corrected chi connectivity index (χ0v) is 11.7. The lowest BCUT2D eigenvalue weighted by Crippen LogP contribution is -2.31. The van der Waals surface area contributed by atoms with Crippen LogP contribution < -0.4 is 11.1 Å². The lowest BCUT2D eigenvalue weighted by atomic mass is 10.0. The summed E-state index contributed by atoms with van der Waals surface area (Å²) in [6.45, 7) is 4.48. The average molecular weight is 269 g/mol. The highest BCUT2D eigenvalue weighted by molar-refractivity contribution is 6.31. The van der Waals surface area contributed by atoms with E-state index in [1.165, 1.54) is 0 Å². The Balaban J connectivity index is 2.57. The van der Waals surface area contributed by atoms with Crippen LogP contribution in [0.2, 0.25) is 5.02 Å². The lowest BCUT2D eigenvalue weighted by Gasteiger charge is -2.18. The normalized spacial score (nSPS) is 14.0. The minimum Gasteiger partial charge on any atom is -0.349 e. The maximum Gasteiger partial charge on any atom is 0.223 e. The zero-order valence-electron chi connectivity index (χ0n) is 10.9. The van der Waals surface area contributed by atoms with E-state index in [1.807, 2.05) is 38.1 Å². The molecular formula is C14H21ClN2O. The molecule has 0 heterocycles. The quantitative estimate of drug-likeness (QED) is 0.834. The van der Waals surface area contributed by atoms with Gasteiger partial charge in [-0.3, -0.25) is 4.79 Å². The molecule has 1 amide bonds. The van der Waals surface area contributed by atoms with E-state index < -0.39 is 0 Å². The standard InChI is InChI=1S/C14H21ClN2O/c1-10(6-5-9-16)14(18)17-11(2)12-7-3-4-8-13(12)15/h3-4,7-8,10-11H,5-6,9,16H2,1-2H3,(H,17,18)/t10?,11-/m0/s1. The molecule has 0 saturated carbocycles. The van der Waals surface area contributed by atoms with E-state index in [2.05, 4.69) is 5.32 Å². The molecule has 100 valence electrons. The van der Waals surface area contributed by atoms with Crippen LogP contribution in [0.4, 0.5) is 0 Å². The van der Waals surface area contributed by atoms with E-state index in [9.17, 15) is 4.79 Å². The van der Waals surface area contributed by atoms with Crippen molar-refractivity contribution in [2.75, 3.05) is 6.54 Å². The molecule has 18 heavy (non-hydrogen) atoms. The van der Waals surface area contributed by atoms with E-state index in [0.717, 1.165) is 18.4 Å². The zero-order chi connectivity index (χ0) is 13.5. The minimum absolute atomic E-state index is 0.0153. The Morgan fingerprint density at radius 2 is 2.06 bits per heavy atom. The highest BCUT2D eigenvalue weighted by atomic mass is 35.5. The maximum absolute atomic E-state index is 11.9. The summed E-state index contributed by atoms with van der Waals surface area (Å²) in [5.41, 5.74) is 6.38. The van der Waals surface area contributed by atoms with Gasteiger partial charge in [0.05, 0.1) is 6.04 Å². The van der Waals surface area contributed by atoms with Crippen LogP contribution in [0.25, 0.3) is 0 Å². The molecule has 1 rings (SSSR count). The first-order valence-corrected chi connectivity index (χ1v) is 6.69. The fourth-order valence-electron chi connectivity index (χ4n) is 1.81. The highest BCUT2D eigenvalue weighted by Gasteiger charge is 2.16. The van der Waals surface area contributed by atoms with Crippen molar-refractivity contribution in [1.29, 1.82) is 0 Å². The first-order chi connectivity index (χ1) is 8.56. The molecule has 0 spiro atoms. The Labute approximate surface area is 114 Å². The third-order valence-electron chi connectivity index (χ3n) is 3.02. The Hall–Kier alpha value is -1.06. The SMILES string of the molecule is CC(CCCN)C(=O)N[C@@H](C)c1ccccc1Cl. The highest BCUT2D eigenvalue weighted by Crippen LogP contribution is 2.22. The Kier molecular flexibility index (Phi) is 6.16. The molecule has 1 unspecified atom stereocenters. The van der Waals surface area contributed by atoms with Gasteiger partial charge in [-0.05, 0) is 37.9 Å². The van der Waals surface area contributed by atoms with Gasteiger partial charge in [0.15, 0.2) is 0 Å². The van der Waals surface area contributed by atoms with Crippen LogP contribution in [0.15, 0.2) is 24.3 Å². The third kappa shape index (κ3) is 4.31. The molecule has 0 aromatic heterocycles. The van der Waals surface area contributed by atoms with Gasteiger partial charge in [0, 0.05) is 10.9 Å². The van der Waals surface area contributed by atoms with E-state index in [4.69, 9.17) is 17.3 Å². The molecule has 3 nitrogen and oxygen atoms in total. The molecule has 3 N–H and O–H groups in total. The first-order valence-electron chi connectivity index (χ1n) is 6.31. The Bertz CT molecular complexity index is 395. The van der Waals surface area contributed by atoms with Crippen molar-refractivity contribution in [3.63, 3.8) is 0 Å². The molecule has 0 bridgehead atoms. The number of carbonyl (C=O) groups is 1. The average Bonchev–Trinajstić information content (AvgIpc) is 2.36. The molecule has 0 aliphatic rings. The number of carbonyl (C=O) groups excluding carboxylic acids is 1. The molecule has 0 aliphatic carbocycles. The number of hydrogen-bond donors (Lipinski definition) is 2. The molecular weight excluding hydrogens is 248 g/mol. The molecule has 2 atom stereocenters. The summed E-state index contributed by atoms with van der Waals surface area (Å²) in [5.74, 6) is 0.0364. The van der Waals surface area contributed by atoms with Gasteiger partial charge in [0.25, 0.3) is 0 Å². The Morgan fingerprint density at radius 3 is 2.67 bits per heavy atom. The van der Waals surface area contributed by atoms with Crippen LogP contribution in [-0.2, 0) is 4.79 Å². The fraction of sp³-hybridized carbons (Fsp3) is 0.500. The maximum atomic E-state index is 11.9. The van der Waals surface area contributed by atoms with Gasteiger partial charge in [0.1, 0.15) is 0 Å². The second kappa shape index (κ2) is 7.39. The number of nitrogens with one attached hydrogen (secondary N) is 1.